The Bertz CT molecular complexity index is 454. The minimum atomic E-state index is -0.945. The number of carbonyl (C=O) groups is 1. The average Bonchev–Trinajstić information content (AvgIpc) is 2.38. The highest BCUT2D eigenvalue weighted by molar-refractivity contribution is 9.10. The lowest BCUT2D eigenvalue weighted by atomic mass is 9.91. The van der Waals surface area contributed by atoms with Gasteiger partial charge in [0.1, 0.15) is 5.54 Å². The van der Waals surface area contributed by atoms with Gasteiger partial charge in [-0.1, -0.05) is 47.3 Å². The van der Waals surface area contributed by atoms with E-state index in [1.54, 1.807) is 0 Å². The molecule has 1 aliphatic rings. The van der Waals surface area contributed by atoms with Crippen molar-refractivity contribution in [3.8, 4) is 0 Å². The molecular weight excluding hydrogens is 352 g/mol. The maximum absolute atomic E-state index is 12.8. The Morgan fingerprint density at radius 2 is 1.57 bits per heavy atom. The highest BCUT2D eigenvalue weighted by Crippen LogP contribution is 2.24. The summed E-state index contributed by atoms with van der Waals surface area (Å²) in [6.07, 6.45) is 5.88. The van der Waals surface area contributed by atoms with Crippen molar-refractivity contribution in [3.05, 3.63) is 34.3 Å². The lowest BCUT2D eigenvalue weighted by Crippen LogP contribution is -2.51. The van der Waals surface area contributed by atoms with Crippen LogP contribution >= 0.6 is 28.3 Å². The van der Waals surface area contributed by atoms with Crippen LogP contribution in [0.4, 0.5) is 0 Å². The number of nitrogens with two attached hydrogens (primary N) is 1. The van der Waals surface area contributed by atoms with Crippen LogP contribution in [-0.2, 0) is 10.3 Å². The smallest absolute Gasteiger partial charge is 0.246 e. The van der Waals surface area contributed by atoms with Gasteiger partial charge in [-0.2, -0.15) is 0 Å². The Morgan fingerprint density at radius 1 is 1.10 bits per heavy atom. The molecule has 0 saturated carbocycles. The number of carbonyl (C=O) groups excluding carboxylic acids is 1. The predicted molar refractivity (Wildman–Crippen MR) is 92.6 cm³/mol. The topological polar surface area (TPSA) is 46.3 Å². The van der Waals surface area contributed by atoms with Crippen molar-refractivity contribution >= 4 is 34.2 Å². The third-order valence-electron chi connectivity index (χ3n) is 4.03. The second kappa shape index (κ2) is 8.16. The molecule has 0 bridgehead atoms. The van der Waals surface area contributed by atoms with Crippen LogP contribution in [0, 0.1) is 0 Å². The third kappa shape index (κ3) is 4.70. The van der Waals surface area contributed by atoms with Gasteiger partial charge in [-0.3, -0.25) is 4.79 Å². The zero-order valence-electron chi connectivity index (χ0n) is 12.5. The first-order valence-electron chi connectivity index (χ1n) is 7.36. The first-order valence-corrected chi connectivity index (χ1v) is 8.15. The lowest BCUT2D eigenvalue weighted by molar-refractivity contribution is -0.137. The van der Waals surface area contributed by atoms with Crippen molar-refractivity contribution in [2.45, 2.75) is 44.6 Å². The molecule has 1 aliphatic heterocycles. The molecule has 1 heterocycles. The number of nitrogens with zero attached hydrogens (tertiary/aromatic N) is 1. The summed E-state index contributed by atoms with van der Waals surface area (Å²) in [5.74, 6) is 0.0433. The molecule has 3 nitrogen and oxygen atoms in total. The predicted octanol–water partition coefficient (Wildman–Crippen LogP) is 3.84. The number of benzene rings is 1. The van der Waals surface area contributed by atoms with E-state index in [1.807, 2.05) is 36.1 Å². The van der Waals surface area contributed by atoms with Gasteiger partial charge in [0.05, 0.1) is 0 Å². The standard InChI is InChI=1S/C16H23BrN2O.ClH/c1-16(18,13-7-9-14(17)10-8-13)15(20)19-11-5-3-2-4-6-12-19;/h7-10H,2-6,11-12,18H2,1H3;1H. The molecule has 2 rings (SSSR count). The molecular formula is C16H24BrClN2O. The second-order valence-corrected chi connectivity index (χ2v) is 6.68. The van der Waals surface area contributed by atoms with Crippen molar-refractivity contribution in [3.63, 3.8) is 0 Å². The van der Waals surface area contributed by atoms with Crippen molar-refractivity contribution in [1.29, 1.82) is 0 Å². The molecule has 5 heteroatoms. The maximum Gasteiger partial charge on any atom is 0.246 e. The van der Waals surface area contributed by atoms with Gasteiger partial charge in [0.25, 0.3) is 0 Å². The molecule has 1 saturated heterocycles. The zero-order valence-corrected chi connectivity index (χ0v) is 14.9. The van der Waals surface area contributed by atoms with Gasteiger partial charge in [-0.15, -0.1) is 12.4 Å². The van der Waals surface area contributed by atoms with E-state index in [0.717, 1.165) is 36.0 Å². The second-order valence-electron chi connectivity index (χ2n) is 5.77. The average molecular weight is 376 g/mol. The van der Waals surface area contributed by atoms with E-state index in [1.165, 1.54) is 19.3 Å². The Balaban J connectivity index is 0.00000220. The number of hydrogen-bond donors (Lipinski definition) is 1. The molecule has 1 aromatic carbocycles. The summed E-state index contributed by atoms with van der Waals surface area (Å²) in [5, 5.41) is 0. The third-order valence-corrected chi connectivity index (χ3v) is 4.56. The fraction of sp³-hybridized carbons (Fsp3) is 0.562. The molecule has 0 spiro atoms. The number of halogens is 2. The normalized spacial score (nSPS) is 18.9. The molecule has 0 aliphatic carbocycles. The van der Waals surface area contributed by atoms with Crippen LogP contribution in [0.25, 0.3) is 0 Å². The quantitative estimate of drug-likeness (QED) is 0.853. The summed E-state index contributed by atoms with van der Waals surface area (Å²) < 4.78 is 0.996. The van der Waals surface area contributed by atoms with Crippen molar-refractivity contribution in [1.82, 2.24) is 4.90 Å². The molecule has 2 N–H and O–H groups in total. The van der Waals surface area contributed by atoms with Crippen molar-refractivity contribution in [2.75, 3.05) is 13.1 Å². The monoisotopic (exact) mass is 374 g/mol. The Kier molecular flexibility index (Phi) is 7.17. The van der Waals surface area contributed by atoms with Crippen LogP contribution in [0.15, 0.2) is 28.7 Å². The number of amides is 1. The van der Waals surface area contributed by atoms with Gasteiger partial charge in [0.15, 0.2) is 0 Å². The van der Waals surface area contributed by atoms with E-state index < -0.39 is 5.54 Å². The molecule has 0 aromatic heterocycles. The molecule has 118 valence electrons. The summed E-state index contributed by atoms with van der Waals surface area (Å²) in [4.78, 5) is 14.7. The summed E-state index contributed by atoms with van der Waals surface area (Å²) in [7, 11) is 0. The number of likely N-dealkylation sites (tertiary alicyclic amines) is 1. The van der Waals surface area contributed by atoms with Crippen LogP contribution in [0.2, 0.25) is 0 Å². The van der Waals surface area contributed by atoms with Crippen LogP contribution in [-0.4, -0.2) is 23.9 Å². The van der Waals surface area contributed by atoms with Gasteiger partial charge in [0, 0.05) is 17.6 Å². The van der Waals surface area contributed by atoms with Crippen LogP contribution in [0.1, 0.15) is 44.6 Å². The van der Waals surface area contributed by atoms with E-state index in [9.17, 15) is 4.79 Å². The van der Waals surface area contributed by atoms with Gasteiger partial charge >= 0.3 is 0 Å². The molecule has 1 aromatic rings. The SMILES string of the molecule is CC(N)(C(=O)N1CCCCCCC1)c1ccc(Br)cc1.Cl. The van der Waals surface area contributed by atoms with E-state index in [0.29, 0.717) is 0 Å². The lowest BCUT2D eigenvalue weighted by Gasteiger charge is -2.33. The zero-order chi connectivity index (χ0) is 14.6. The molecule has 0 radical (unpaired) electrons. The Morgan fingerprint density at radius 3 is 2.10 bits per heavy atom. The molecule has 21 heavy (non-hydrogen) atoms. The Labute approximate surface area is 141 Å². The van der Waals surface area contributed by atoms with E-state index >= 15 is 0 Å². The minimum absolute atomic E-state index is 0. The van der Waals surface area contributed by atoms with Gasteiger partial charge in [-0.05, 0) is 37.5 Å². The summed E-state index contributed by atoms with van der Waals surface area (Å²) in [6, 6.07) is 7.71. The highest BCUT2D eigenvalue weighted by atomic mass is 79.9. The van der Waals surface area contributed by atoms with E-state index in [2.05, 4.69) is 15.9 Å². The summed E-state index contributed by atoms with van der Waals surface area (Å²) in [5.41, 5.74) is 6.27. The van der Waals surface area contributed by atoms with Crippen LogP contribution in [0.3, 0.4) is 0 Å². The molecule has 1 amide bonds. The molecule has 1 fully saturated rings. The summed E-state index contributed by atoms with van der Waals surface area (Å²) >= 11 is 3.41. The molecule has 1 unspecified atom stereocenters. The number of rotatable bonds is 2. The minimum Gasteiger partial charge on any atom is -0.341 e. The highest BCUT2D eigenvalue weighted by Gasteiger charge is 2.34. The first kappa shape index (κ1) is 18.5. The van der Waals surface area contributed by atoms with Crippen molar-refractivity contribution < 1.29 is 4.79 Å². The maximum atomic E-state index is 12.8. The van der Waals surface area contributed by atoms with Gasteiger partial charge in [0.2, 0.25) is 5.91 Å². The van der Waals surface area contributed by atoms with Gasteiger partial charge in [-0.25, -0.2) is 0 Å². The van der Waals surface area contributed by atoms with Gasteiger partial charge < -0.3 is 10.6 Å². The fourth-order valence-corrected chi connectivity index (χ4v) is 2.96. The number of hydrogen-bond acceptors (Lipinski definition) is 2. The van der Waals surface area contributed by atoms with Crippen molar-refractivity contribution in [2.24, 2.45) is 5.73 Å². The van der Waals surface area contributed by atoms with E-state index in [4.69, 9.17) is 5.73 Å². The molecule has 1 atom stereocenters. The Hall–Kier alpha value is -0.580. The fourth-order valence-electron chi connectivity index (χ4n) is 2.70. The van der Waals surface area contributed by atoms with Crippen LogP contribution in [0.5, 0.6) is 0 Å². The van der Waals surface area contributed by atoms with E-state index in [-0.39, 0.29) is 18.3 Å². The first-order chi connectivity index (χ1) is 9.51. The largest absolute Gasteiger partial charge is 0.341 e. The van der Waals surface area contributed by atoms with Crippen LogP contribution < -0.4 is 5.73 Å². The summed E-state index contributed by atoms with van der Waals surface area (Å²) in [6.45, 7) is 3.49.